The zero-order valence-corrected chi connectivity index (χ0v) is 9.22. The number of hydrogen-bond donors (Lipinski definition) is 2. The second-order valence-corrected chi connectivity index (χ2v) is 4.27. The van der Waals surface area contributed by atoms with Crippen molar-refractivity contribution in [3.8, 4) is 5.75 Å². The standard InChI is InChI=1S/C12H14F3NO/c13-12(14,15)10-7-8(17)4-5-9(10)11-3-1-2-6-16-11/h4-5,7,11,16-17H,1-3,6H2. The molecule has 1 heterocycles. The summed E-state index contributed by atoms with van der Waals surface area (Å²) >= 11 is 0. The Kier molecular flexibility index (Phi) is 3.28. The van der Waals surface area contributed by atoms with Gasteiger partial charge in [-0.05, 0) is 37.1 Å². The van der Waals surface area contributed by atoms with Gasteiger partial charge in [-0.1, -0.05) is 12.5 Å². The van der Waals surface area contributed by atoms with Gasteiger partial charge < -0.3 is 10.4 Å². The normalized spacial score (nSPS) is 21.5. The molecule has 1 aliphatic heterocycles. The summed E-state index contributed by atoms with van der Waals surface area (Å²) in [6, 6.07) is 3.20. The summed E-state index contributed by atoms with van der Waals surface area (Å²) in [5.41, 5.74) is -0.507. The van der Waals surface area contributed by atoms with Crippen LogP contribution in [-0.2, 0) is 6.18 Å². The lowest BCUT2D eigenvalue weighted by Gasteiger charge is -2.26. The Bertz CT molecular complexity index is 397. The van der Waals surface area contributed by atoms with Crippen LogP contribution >= 0.6 is 0 Å². The summed E-state index contributed by atoms with van der Waals surface area (Å²) in [4.78, 5) is 0. The summed E-state index contributed by atoms with van der Waals surface area (Å²) in [7, 11) is 0. The van der Waals surface area contributed by atoms with E-state index in [9.17, 15) is 18.3 Å². The van der Waals surface area contributed by atoms with E-state index < -0.39 is 11.7 Å². The molecule has 1 fully saturated rings. The third-order valence-corrected chi connectivity index (χ3v) is 3.03. The molecule has 1 saturated heterocycles. The van der Waals surface area contributed by atoms with E-state index in [1.54, 1.807) is 0 Å². The minimum absolute atomic E-state index is 0.231. The van der Waals surface area contributed by atoms with Gasteiger partial charge in [-0.25, -0.2) is 0 Å². The van der Waals surface area contributed by atoms with Gasteiger partial charge in [-0.2, -0.15) is 13.2 Å². The van der Waals surface area contributed by atoms with Crippen LogP contribution in [-0.4, -0.2) is 11.7 Å². The highest BCUT2D eigenvalue weighted by molar-refractivity contribution is 5.38. The Balaban J connectivity index is 2.38. The molecule has 0 radical (unpaired) electrons. The van der Waals surface area contributed by atoms with Gasteiger partial charge in [0.25, 0.3) is 0 Å². The highest BCUT2D eigenvalue weighted by Crippen LogP contribution is 2.38. The van der Waals surface area contributed by atoms with Crippen molar-refractivity contribution < 1.29 is 18.3 Å². The number of piperidine rings is 1. The predicted molar refractivity (Wildman–Crippen MR) is 57.7 cm³/mol. The molecule has 1 aliphatic rings. The van der Waals surface area contributed by atoms with Gasteiger partial charge in [0.05, 0.1) is 5.56 Å². The fourth-order valence-electron chi connectivity index (χ4n) is 2.21. The van der Waals surface area contributed by atoms with E-state index in [-0.39, 0.29) is 17.4 Å². The molecule has 0 spiro atoms. The van der Waals surface area contributed by atoms with E-state index in [1.165, 1.54) is 12.1 Å². The highest BCUT2D eigenvalue weighted by atomic mass is 19.4. The van der Waals surface area contributed by atoms with E-state index in [4.69, 9.17) is 0 Å². The summed E-state index contributed by atoms with van der Waals surface area (Å²) in [6.07, 6.45) is -1.80. The van der Waals surface area contributed by atoms with Crippen LogP contribution in [0.5, 0.6) is 5.75 Å². The Morgan fingerprint density at radius 2 is 2.00 bits per heavy atom. The highest BCUT2D eigenvalue weighted by Gasteiger charge is 2.35. The quantitative estimate of drug-likeness (QED) is 0.796. The van der Waals surface area contributed by atoms with Crippen LogP contribution in [0.15, 0.2) is 18.2 Å². The number of phenolic OH excluding ortho intramolecular Hbond substituents is 1. The topological polar surface area (TPSA) is 32.3 Å². The molecule has 0 amide bonds. The van der Waals surface area contributed by atoms with Crippen molar-refractivity contribution in [2.24, 2.45) is 0 Å². The number of hydrogen-bond acceptors (Lipinski definition) is 2. The second kappa shape index (κ2) is 4.56. The first-order valence-corrected chi connectivity index (χ1v) is 5.62. The first kappa shape index (κ1) is 12.2. The molecule has 94 valence electrons. The Morgan fingerprint density at radius 1 is 1.24 bits per heavy atom. The number of nitrogens with one attached hydrogen (secondary N) is 1. The van der Waals surface area contributed by atoms with E-state index in [1.807, 2.05) is 0 Å². The van der Waals surface area contributed by atoms with Gasteiger partial charge in [0.15, 0.2) is 0 Å². The monoisotopic (exact) mass is 245 g/mol. The van der Waals surface area contributed by atoms with Crippen LogP contribution in [0.1, 0.15) is 36.4 Å². The first-order valence-electron chi connectivity index (χ1n) is 5.62. The van der Waals surface area contributed by atoms with Gasteiger partial charge >= 0.3 is 6.18 Å². The van der Waals surface area contributed by atoms with Crippen molar-refractivity contribution in [3.63, 3.8) is 0 Å². The minimum Gasteiger partial charge on any atom is -0.508 e. The van der Waals surface area contributed by atoms with Crippen molar-refractivity contribution >= 4 is 0 Å². The average molecular weight is 245 g/mol. The second-order valence-electron chi connectivity index (χ2n) is 4.27. The number of aromatic hydroxyl groups is 1. The van der Waals surface area contributed by atoms with Gasteiger partial charge in [0.1, 0.15) is 5.75 Å². The number of benzene rings is 1. The molecule has 1 atom stereocenters. The van der Waals surface area contributed by atoms with Crippen molar-refractivity contribution in [1.82, 2.24) is 5.32 Å². The maximum Gasteiger partial charge on any atom is 0.416 e. The van der Waals surface area contributed by atoms with E-state index in [2.05, 4.69) is 5.32 Å². The summed E-state index contributed by atoms with van der Waals surface area (Å²) in [5.74, 6) is -0.350. The first-order chi connectivity index (χ1) is 7.98. The molecule has 2 nitrogen and oxygen atoms in total. The number of rotatable bonds is 1. The van der Waals surface area contributed by atoms with Crippen molar-refractivity contribution in [3.05, 3.63) is 29.3 Å². The summed E-state index contributed by atoms with van der Waals surface area (Å²) in [5, 5.41) is 12.3. The molecule has 2 rings (SSSR count). The van der Waals surface area contributed by atoms with E-state index in [0.717, 1.165) is 25.5 Å². The van der Waals surface area contributed by atoms with Crippen LogP contribution in [0.3, 0.4) is 0 Å². The summed E-state index contributed by atoms with van der Waals surface area (Å²) < 4.78 is 38.5. The fraction of sp³-hybridized carbons (Fsp3) is 0.500. The lowest BCUT2D eigenvalue weighted by atomic mass is 9.93. The molecule has 0 bridgehead atoms. The molecule has 1 unspecified atom stereocenters. The van der Waals surface area contributed by atoms with Crippen LogP contribution in [0.4, 0.5) is 13.2 Å². The van der Waals surface area contributed by atoms with Gasteiger partial charge in [0.2, 0.25) is 0 Å². The number of halogens is 3. The predicted octanol–water partition coefficient (Wildman–Crippen LogP) is 3.23. The van der Waals surface area contributed by atoms with Crippen molar-refractivity contribution in [1.29, 1.82) is 0 Å². The van der Waals surface area contributed by atoms with Crippen LogP contribution < -0.4 is 5.32 Å². The lowest BCUT2D eigenvalue weighted by Crippen LogP contribution is -2.28. The summed E-state index contributed by atoms with van der Waals surface area (Å²) in [6.45, 7) is 0.739. The van der Waals surface area contributed by atoms with Gasteiger partial charge in [-0.15, -0.1) is 0 Å². The van der Waals surface area contributed by atoms with E-state index in [0.29, 0.717) is 6.42 Å². The molecular formula is C12H14F3NO. The smallest absolute Gasteiger partial charge is 0.416 e. The maximum absolute atomic E-state index is 12.8. The van der Waals surface area contributed by atoms with Crippen molar-refractivity contribution in [2.75, 3.05) is 6.54 Å². The van der Waals surface area contributed by atoms with Crippen LogP contribution in [0.25, 0.3) is 0 Å². The SMILES string of the molecule is Oc1ccc(C2CCCCN2)c(C(F)(F)F)c1. The van der Waals surface area contributed by atoms with Crippen molar-refractivity contribution in [2.45, 2.75) is 31.5 Å². The molecule has 5 heteroatoms. The molecule has 0 aromatic heterocycles. The zero-order valence-electron chi connectivity index (χ0n) is 9.22. The maximum atomic E-state index is 12.8. The zero-order chi connectivity index (χ0) is 12.5. The minimum atomic E-state index is -4.42. The average Bonchev–Trinajstić information content (AvgIpc) is 2.29. The third-order valence-electron chi connectivity index (χ3n) is 3.03. The fourth-order valence-corrected chi connectivity index (χ4v) is 2.21. The third kappa shape index (κ3) is 2.72. The van der Waals surface area contributed by atoms with Gasteiger partial charge in [0, 0.05) is 6.04 Å². The molecule has 0 aliphatic carbocycles. The Labute approximate surface area is 97.5 Å². The van der Waals surface area contributed by atoms with Crippen LogP contribution in [0, 0.1) is 0 Å². The molecule has 1 aromatic carbocycles. The molecular weight excluding hydrogens is 231 g/mol. The largest absolute Gasteiger partial charge is 0.508 e. The lowest BCUT2D eigenvalue weighted by molar-refractivity contribution is -0.138. The number of phenols is 1. The van der Waals surface area contributed by atoms with Gasteiger partial charge in [-0.3, -0.25) is 0 Å². The molecule has 0 saturated carbocycles. The Morgan fingerprint density at radius 3 is 2.59 bits per heavy atom. The van der Waals surface area contributed by atoms with E-state index >= 15 is 0 Å². The Hall–Kier alpha value is -1.23. The molecule has 17 heavy (non-hydrogen) atoms. The van der Waals surface area contributed by atoms with Crippen LogP contribution in [0.2, 0.25) is 0 Å². The number of alkyl halides is 3. The molecule has 2 N–H and O–H groups in total. The molecule has 1 aromatic rings.